The molecule has 0 heterocycles. The average molecular weight is 172 g/mol. The van der Waals surface area contributed by atoms with Crippen molar-refractivity contribution in [2.24, 2.45) is 5.73 Å². The SMILES string of the molecule is C=C(C)CN(C)CC(N)COC. The molecular weight excluding hydrogens is 152 g/mol. The molecule has 0 aromatic heterocycles. The van der Waals surface area contributed by atoms with Gasteiger partial charge in [0, 0.05) is 26.2 Å². The van der Waals surface area contributed by atoms with Crippen molar-refractivity contribution in [1.29, 1.82) is 0 Å². The molecule has 2 N–H and O–H groups in total. The lowest BCUT2D eigenvalue weighted by atomic mass is 10.3. The third kappa shape index (κ3) is 6.34. The number of hydrogen-bond donors (Lipinski definition) is 1. The van der Waals surface area contributed by atoms with Gasteiger partial charge in [-0.25, -0.2) is 0 Å². The van der Waals surface area contributed by atoms with E-state index >= 15 is 0 Å². The van der Waals surface area contributed by atoms with E-state index in [2.05, 4.69) is 11.5 Å². The van der Waals surface area contributed by atoms with Gasteiger partial charge >= 0.3 is 0 Å². The second kappa shape index (κ2) is 6.17. The maximum atomic E-state index is 5.76. The van der Waals surface area contributed by atoms with Gasteiger partial charge in [0.2, 0.25) is 0 Å². The highest BCUT2D eigenvalue weighted by molar-refractivity contribution is 4.91. The molecule has 3 heteroatoms. The Morgan fingerprint density at radius 1 is 1.67 bits per heavy atom. The van der Waals surface area contributed by atoms with Crippen LogP contribution in [0.3, 0.4) is 0 Å². The van der Waals surface area contributed by atoms with Gasteiger partial charge in [0.05, 0.1) is 6.61 Å². The van der Waals surface area contributed by atoms with Crippen LogP contribution in [0.15, 0.2) is 12.2 Å². The minimum absolute atomic E-state index is 0.0966. The average Bonchev–Trinajstić information content (AvgIpc) is 1.84. The van der Waals surface area contributed by atoms with E-state index in [9.17, 15) is 0 Å². The Morgan fingerprint density at radius 2 is 2.25 bits per heavy atom. The highest BCUT2D eigenvalue weighted by atomic mass is 16.5. The summed E-state index contributed by atoms with van der Waals surface area (Å²) in [5.41, 5.74) is 6.92. The van der Waals surface area contributed by atoms with Crippen LogP contribution in [0.2, 0.25) is 0 Å². The normalized spacial score (nSPS) is 13.4. The first-order valence-corrected chi connectivity index (χ1v) is 4.13. The van der Waals surface area contributed by atoms with Gasteiger partial charge in [-0.05, 0) is 14.0 Å². The van der Waals surface area contributed by atoms with Crippen LogP contribution in [0, 0.1) is 0 Å². The van der Waals surface area contributed by atoms with Crippen molar-refractivity contribution in [1.82, 2.24) is 4.90 Å². The standard InChI is InChI=1S/C9H20N2O/c1-8(2)5-11(3)6-9(10)7-12-4/h9H,1,5-7,10H2,2-4H3. The molecule has 0 aromatic carbocycles. The van der Waals surface area contributed by atoms with Gasteiger partial charge in [0.15, 0.2) is 0 Å². The van der Waals surface area contributed by atoms with Crippen LogP contribution < -0.4 is 5.73 Å². The molecular formula is C9H20N2O. The van der Waals surface area contributed by atoms with Crippen molar-refractivity contribution in [3.8, 4) is 0 Å². The molecule has 0 bridgehead atoms. The molecule has 3 nitrogen and oxygen atoms in total. The minimum atomic E-state index is 0.0966. The Bertz CT molecular complexity index is 136. The lowest BCUT2D eigenvalue weighted by molar-refractivity contribution is 0.163. The molecule has 1 unspecified atom stereocenters. The van der Waals surface area contributed by atoms with E-state index in [0.717, 1.165) is 18.7 Å². The Labute approximate surface area is 75.2 Å². The third-order valence-corrected chi connectivity index (χ3v) is 1.47. The smallest absolute Gasteiger partial charge is 0.0626 e. The molecule has 0 amide bonds. The molecule has 0 aliphatic rings. The van der Waals surface area contributed by atoms with Crippen LogP contribution in [0.1, 0.15) is 6.92 Å². The quantitative estimate of drug-likeness (QED) is 0.592. The lowest BCUT2D eigenvalue weighted by Gasteiger charge is -2.20. The van der Waals surface area contributed by atoms with Gasteiger partial charge in [-0.1, -0.05) is 12.2 Å². The minimum Gasteiger partial charge on any atom is -0.383 e. The molecule has 12 heavy (non-hydrogen) atoms. The van der Waals surface area contributed by atoms with Gasteiger partial charge in [0.1, 0.15) is 0 Å². The summed E-state index contributed by atoms with van der Waals surface area (Å²) in [4.78, 5) is 2.14. The van der Waals surface area contributed by atoms with Crippen LogP contribution >= 0.6 is 0 Å². The molecule has 0 radical (unpaired) electrons. The van der Waals surface area contributed by atoms with Crippen LogP contribution in [0.5, 0.6) is 0 Å². The van der Waals surface area contributed by atoms with E-state index in [4.69, 9.17) is 10.5 Å². The zero-order valence-corrected chi connectivity index (χ0v) is 8.34. The largest absolute Gasteiger partial charge is 0.383 e. The maximum Gasteiger partial charge on any atom is 0.0626 e. The fourth-order valence-corrected chi connectivity index (χ4v) is 1.19. The Balaban J connectivity index is 3.53. The van der Waals surface area contributed by atoms with E-state index in [1.807, 2.05) is 14.0 Å². The maximum absolute atomic E-state index is 5.76. The summed E-state index contributed by atoms with van der Waals surface area (Å²) in [5.74, 6) is 0. The summed E-state index contributed by atoms with van der Waals surface area (Å²) in [6.45, 7) is 8.21. The molecule has 0 rings (SSSR count). The number of nitrogens with zero attached hydrogens (tertiary/aromatic N) is 1. The molecule has 0 saturated heterocycles. The van der Waals surface area contributed by atoms with E-state index in [-0.39, 0.29) is 6.04 Å². The lowest BCUT2D eigenvalue weighted by Crippen LogP contribution is -2.38. The Morgan fingerprint density at radius 3 is 2.67 bits per heavy atom. The highest BCUT2D eigenvalue weighted by Gasteiger charge is 2.05. The third-order valence-electron chi connectivity index (χ3n) is 1.47. The second-order valence-corrected chi connectivity index (χ2v) is 3.37. The van der Waals surface area contributed by atoms with Crippen molar-refractivity contribution in [3.05, 3.63) is 12.2 Å². The molecule has 0 aromatic rings. The summed E-state index contributed by atoms with van der Waals surface area (Å²) in [6.07, 6.45) is 0. The molecule has 0 aliphatic heterocycles. The zero-order valence-electron chi connectivity index (χ0n) is 8.34. The topological polar surface area (TPSA) is 38.5 Å². The molecule has 0 saturated carbocycles. The summed E-state index contributed by atoms with van der Waals surface area (Å²) in [5, 5.41) is 0. The molecule has 72 valence electrons. The summed E-state index contributed by atoms with van der Waals surface area (Å²) >= 11 is 0. The number of methoxy groups -OCH3 is 1. The van der Waals surface area contributed by atoms with Crippen molar-refractivity contribution >= 4 is 0 Å². The Hall–Kier alpha value is -0.380. The van der Waals surface area contributed by atoms with Crippen LogP contribution in [0.25, 0.3) is 0 Å². The van der Waals surface area contributed by atoms with Gasteiger partial charge in [-0.15, -0.1) is 0 Å². The number of nitrogens with two attached hydrogens (primary N) is 1. The highest BCUT2D eigenvalue weighted by Crippen LogP contribution is 1.93. The van der Waals surface area contributed by atoms with Gasteiger partial charge < -0.3 is 15.4 Å². The first-order valence-electron chi connectivity index (χ1n) is 4.13. The van der Waals surface area contributed by atoms with Gasteiger partial charge in [0.25, 0.3) is 0 Å². The molecule has 0 aliphatic carbocycles. The van der Waals surface area contributed by atoms with Crippen LogP contribution in [-0.4, -0.2) is 44.8 Å². The predicted octanol–water partition coefficient (Wildman–Crippen LogP) is 0.468. The van der Waals surface area contributed by atoms with Gasteiger partial charge in [-0.3, -0.25) is 0 Å². The van der Waals surface area contributed by atoms with E-state index < -0.39 is 0 Å². The fourth-order valence-electron chi connectivity index (χ4n) is 1.19. The number of hydrogen-bond acceptors (Lipinski definition) is 3. The van der Waals surface area contributed by atoms with Crippen LogP contribution in [0.4, 0.5) is 0 Å². The van der Waals surface area contributed by atoms with Crippen molar-refractivity contribution in [3.63, 3.8) is 0 Å². The monoisotopic (exact) mass is 172 g/mol. The second-order valence-electron chi connectivity index (χ2n) is 3.37. The first kappa shape index (κ1) is 11.6. The van der Waals surface area contributed by atoms with Gasteiger partial charge in [-0.2, -0.15) is 0 Å². The number of likely N-dealkylation sites (N-methyl/N-ethyl adjacent to an activating group) is 1. The van der Waals surface area contributed by atoms with Crippen molar-refractivity contribution in [2.45, 2.75) is 13.0 Å². The van der Waals surface area contributed by atoms with Crippen molar-refractivity contribution in [2.75, 3.05) is 33.9 Å². The fraction of sp³-hybridized carbons (Fsp3) is 0.778. The Kier molecular flexibility index (Phi) is 5.98. The number of rotatable bonds is 6. The van der Waals surface area contributed by atoms with Crippen molar-refractivity contribution < 1.29 is 4.74 Å². The first-order chi connectivity index (χ1) is 5.56. The number of ether oxygens (including phenoxy) is 1. The van der Waals surface area contributed by atoms with E-state index in [1.54, 1.807) is 7.11 Å². The molecule has 0 fully saturated rings. The molecule has 0 spiro atoms. The predicted molar refractivity (Wildman–Crippen MR) is 52.2 cm³/mol. The zero-order chi connectivity index (χ0) is 9.56. The summed E-state index contributed by atoms with van der Waals surface area (Å²) < 4.78 is 4.94. The van der Waals surface area contributed by atoms with Crippen LogP contribution in [-0.2, 0) is 4.74 Å². The van der Waals surface area contributed by atoms with E-state index in [0.29, 0.717) is 6.61 Å². The molecule has 1 atom stereocenters. The summed E-state index contributed by atoms with van der Waals surface area (Å²) in [7, 11) is 3.70. The summed E-state index contributed by atoms with van der Waals surface area (Å²) in [6, 6.07) is 0.0966. The van der Waals surface area contributed by atoms with E-state index in [1.165, 1.54) is 0 Å².